The minimum Gasteiger partial charge on any atom is -0.448 e. The molecule has 248 valence electrons. The minimum atomic E-state index is -0.473. The van der Waals surface area contributed by atoms with Crippen LogP contribution in [0.2, 0.25) is 5.15 Å². The van der Waals surface area contributed by atoms with Gasteiger partial charge in [0.1, 0.15) is 11.5 Å². The number of anilines is 2. The van der Waals surface area contributed by atoms with Crippen LogP contribution in [-0.2, 0) is 4.74 Å². The Kier molecular flexibility index (Phi) is 13.6. The Hall–Kier alpha value is -4.37. The van der Waals surface area contributed by atoms with E-state index < -0.39 is 12.1 Å². The first-order chi connectivity index (χ1) is 21.9. The Labute approximate surface area is 276 Å². The molecule has 16 heteroatoms. The van der Waals surface area contributed by atoms with E-state index in [4.69, 9.17) is 16.3 Å². The second-order valence-electron chi connectivity index (χ2n) is 11.4. The van der Waals surface area contributed by atoms with Gasteiger partial charge in [0.05, 0.1) is 12.2 Å². The lowest BCUT2D eigenvalue weighted by Crippen LogP contribution is -2.38. The summed E-state index contributed by atoms with van der Waals surface area (Å²) in [6.07, 6.45) is 1.72. The van der Waals surface area contributed by atoms with Gasteiger partial charge in [-0.1, -0.05) is 43.7 Å². The van der Waals surface area contributed by atoms with Gasteiger partial charge in [-0.15, -0.1) is 10.2 Å². The number of carbonyl (C=O) groups is 3. The lowest BCUT2D eigenvalue weighted by atomic mass is 9.82. The summed E-state index contributed by atoms with van der Waals surface area (Å²) in [5.41, 5.74) is 1.52. The molecule has 4 N–H and O–H groups in total. The first-order valence-electron chi connectivity index (χ1n) is 14.8. The smallest absolute Gasteiger partial charge is 0.407 e. The summed E-state index contributed by atoms with van der Waals surface area (Å²) in [4.78, 5) is 59.9. The van der Waals surface area contributed by atoms with Gasteiger partial charge in [0.25, 0.3) is 5.56 Å². The summed E-state index contributed by atoms with van der Waals surface area (Å²) in [5.74, 6) is 0.375. The molecule has 3 amide bonds. The molecule has 0 spiro atoms. The van der Waals surface area contributed by atoms with E-state index in [1.165, 1.54) is 6.07 Å². The van der Waals surface area contributed by atoms with Gasteiger partial charge < -0.3 is 20.3 Å². The predicted molar refractivity (Wildman–Crippen MR) is 179 cm³/mol. The summed E-state index contributed by atoms with van der Waals surface area (Å²) in [6.45, 7) is 12.2. The Bertz CT molecular complexity index is 1560. The van der Waals surface area contributed by atoms with Crippen molar-refractivity contribution in [1.29, 1.82) is 0 Å². The van der Waals surface area contributed by atoms with Crippen LogP contribution in [0.5, 0.6) is 0 Å². The first kappa shape index (κ1) is 36.1. The number of H-pyrrole nitrogens is 1. The Morgan fingerprint density at radius 3 is 2.59 bits per heavy atom. The molecule has 1 atom stereocenters. The number of rotatable bonds is 16. The monoisotopic (exact) mass is 673 g/mol. The summed E-state index contributed by atoms with van der Waals surface area (Å²) < 4.78 is 5.39. The van der Waals surface area contributed by atoms with E-state index in [1.54, 1.807) is 6.92 Å². The van der Waals surface area contributed by atoms with Gasteiger partial charge in [0.15, 0.2) is 11.4 Å². The number of halogens is 1. The number of likely N-dealkylation sites (N-methyl/N-ethyl adjacent to an activating group) is 1. The number of azo groups is 1. The largest absolute Gasteiger partial charge is 0.448 e. The van der Waals surface area contributed by atoms with E-state index in [-0.39, 0.29) is 34.6 Å². The van der Waals surface area contributed by atoms with Gasteiger partial charge in [-0.05, 0) is 62.3 Å². The maximum atomic E-state index is 12.3. The number of thiazole rings is 1. The molecule has 3 aromatic rings. The number of aromatic nitrogens is 3. The number of benzene rings is 1. The normalized spacial score (nSPS) is 12.0. The highest BCUT2D eigenvalue weighted by atomic mass is 35.5. The number of urea groups is 1. The van der Waals surface area contributed by atoms with Gasteiger partial charge in [0.2, 0.25) is 11.1 Å². The van der Waals surface area contributed by atoms with Crippen LogP contribution in [0.1, 0.15) is 55.9 Å². The molecule has 14 nitrogen and oxygen atoms in total. The zero-order valence-electron chi connectivity index (χ0n) is 26.6. The SMILES string of the molecule is CCN(CCOC(=O)NCCC(C)CC(C)(C)CNC(=O)Nc1nc(C)cc(=O)[nH]1)c1ccc(N=Nc2nc(Cl)c(C=O)s2)cc1. The number of aldehydes is 1. The number of aryl methyl sites for hydroxylation is 1. The number of nitrogens with zero attached hydrogens (tertiary/aromatic N) is 5. The molecule has 3 rings (SSSR count). The molecule has 0 aliphatic rings. The van der Waals surface area contributed by atoms with Crippen LogP contribution in [0.3, 0.4) is 0 Å². The van der Waals surface area contributed by atoms with Gasteiger partial charge in [-0.25, -0.2) is 19.6 Å². The summed E-state index contributed by atoms with van der Waals surface area (Å²) in [6, 6.07) is 8.31. The Morgan fingerprint density at radius 1 is 1.20 bits per heavy atom. The number of hydrogen-bond acceptors (Lipinski definition) is 11. The van der Waals surface area contributed by atoms with E-state index >= 15 is 0 Å². The maximum absolute atomic E-state index is 12.3. The van der Waals surface area contributed by atoms with Crippen molar-refractivity contribution in [3.05, 3.63) is 56.4 Å². The fourth-order valence-corrected chi connectivity index (χ4v) is 5.55. The van der Waals surface area contributed by atoms with E-state index in [0.717, 1.165) is 29.9 Å². The van der Waals surface area contributed by atoms with Crippen LogP contribution in [0.15, 0.2) is 45.4 Å². The molecular formula is C30H40ClN9O5S. The molecule has 1 aromatic carbocycles. The average molecular weight is 674 g/mol. The van der Waals surface area contributed by atoms with Crippen molar-refractivity contribution < 1.29 is 19.1 Å². The van der Waals surface area contributed by atoms with Gasteiger partial charge >= 0.3 is 12.1 Å². The molecule has 0 aliphatic heterocycles. The molecule has 0 saturated carbocycles. The second kappa shape index (κ2) is 17.4. The Morgan fingerprint density at radius 2 is 1.93 bits per heavy atom. The topological polar surface area (TPSA) is 183 Å². The van der Waals surface area contributed by atoms with Crippen molar-refractivity contribution in [2.75, 3.05) is 43.0 Å². The van der Waals surface area contributed by atoms with Crippen LogP contribution in [0, 0.1) is 18.3 Å². The molecule has 0 fully saturated rings. The highest BCUT2D eigenvalue weighted by molar-refractivity contribution is 7.17. The third-order valence-electron chi connectivity index (χ3n) is 6.78. The van der Waals surface area contributed by atoms with Gasteiger partial charge in [-0.3, -0.25) is 19.9 Å². The van der Waals surface area contributed by atoms with Crippen LogP contribution in [-0.4, -0.2) is 66.1 Å². The molecule has 0 bridgehead atoms. The van der Waals surface area contributed by atoms with Gasteiger partial charge in [0, 0.05) is 37.1 Å². The van der Waals surface area contributed by atoms with Gasteiger partial charge in [-0.2, -0.15) is 0 Å². The third-order valence-corrected chi connectivity index (χ3v) is 8.05. The van der Waals surface area contributed by atoms with Crippen LogP contribution >= 0.6 is 22.9 Å². The van der Waals surface area contributed by atoms with Crippen molar-refractivity contribution in [3.8, 4) is 0 Å². The number of amides is 3. The predicted octanol–water partition coefficient (Wildman–Crippen LogP) is 6.23. The van der Waals surface area contributed by atoms with Crippen molar-refractivity contribution >= 4 is 63.8 Å². The minimum absolute atomic E-state index is 0.0959. The fourth-order valence-electron chi connectivity index (χ4n) is 4.67. The highest BCUT2D eigenvalue weighted by Crippen LogP contribution is 2.29. The summed E-state index contributed by atoms with van der Waals surface area (Å²) >= 11 is 6.93. The number of aromatic amines is 1. The molecule has 2 aromatic heterocycles. The van der Waals surface area contributed by atoms with Crippen LogP contribution in [0.25, 0.3) is 0 Å². The second-order valence-corrected chi connectivity index (χ2v) is 12.8. The maximum Gasteiger partial charge on any atom is 0.407 e. The number of ether oxygens (including phenoxy) is 1. The molecule has 0 aliphatic carbocycles. The quantitative estimate of drug-likeness (QED) is 0.102. The van der Waals surface area contributed by atoms with Crippen molar-refractivity contribution in [3.63, 3.8) is 0 Å². The molecular weight excluding hydrogens is 634 g/mol. The van der Waals surface area contributed by atoms with E-state index in [2.05, 4.69) is 66.8 Å². The number of alkyl carbamates (subject to hydrolysis) is 1. The fraction of sp³-hybridized carbons (Fsp3) is 0.467. The molecule has 0 saturated heterocycles. The van der Waals surface area contributed by atoms with Crippen LogP contribution in [0.4, 0.5) is 32.0 Å². The lowest BCUT2D eigenvalue weighted by molar-refractivity contribution is 0.112. The van der Waals surface area contributed by atoms with E-state index in [9.17, 15) is 19.2 Å². The summed E-state index contributed by atoms with van der Waals surface area (Å²) in [5, 5.41) is 16.8. The van der Waals surface area contributed by atoms with Crippen molar-refractivity contribution in [2.24, 2.45) is 21.6 Å². The molecule has 46 heavy (non-hydrogen) atoms. The average Bonchev–Trinajstić information content (AvgIpc) is 3.36. The van der Waals surface area contributed by atoms with Crippen molar-refractivity contribution in [2.45, 2.75) is 47.5 Å². The molecule has 0 radical (unpaired) electrons. The Balaban J connectivity index is 1.33. The van der Waals surface area contributed by atoms with E-state index in [1.807, 2.05) is 31.2 Å². The molecule has 1 unspecified atom stereocenters. The number of nitrogens with one attached hydrogen (secondary N) is 4. The lowest BCUT2D eigenvalue weighted by Gasteiger charge is -2.28. The van der Waals surface area contributed by atoms with Crippen molar-refractivity contribution in [1.82, 2.24) is 25.6 Å². The zero-order chi connectivity index (χ0) is 33.7. The van der Waals surface area contributed by atoms with E-state index in [0.29, 0.717) is 53.9 Å². The van der Waals surface area contributed by atoms with Crippen LogP contribution < -0.4 is 26.4 Å². The number of carbonyl (C=O) groups excluding carboxylic acids is 3. The first-order valence-corrected chi connectivity index (χ1v) is 16.0. The number of hydrogen-bond donors (Lipinski definition) is 4. The highest BCUT2D eigenvalue weighted by Gasteiger charge is 2.22. The molecule has 2 heterocycles. The summed E-state index contributed by atoms with van der Waals surface area (Å²) in [7, 11) is 0. The zero-order valence-corrected chi connectivity index (χ0v) is 28.1. The third kappa shape index (κ3) is 12.2. The standard InChI is InChI=1S/C30H40ClN9O5S/c1-6-40(22-9-7-21(8-10-22)38-39-28-36-25(31)23(17-41)46-28)13-14-45-29(44)32-12-11-19(2)16-30(4,5)18-33-27(43)37-26-34-20(3)15-24(42)35-26/h7-10,15,17,19H,6,11-14,16,18H2,1-5H3,(H,32,44)(H3,33,34,35,37,42,43).